The Bertz CT molecular complexity index is 698. The summed E-state index contributed by atoms with van der Waals surface area (Å²) in [6, 6.07) is 10.5. The molecule has 2 aromatic carbocycles. The molecule has 2 rings (SSSR count). The molecule has 0 spiro atoms. The number of carbonyl (C=O) groups is 1. The van der Waals surface area contributed by atoms with Crippen molar-refractivity contribution < 1.29 is 14.6 Å². The minimum absolute atomic E-state index is 0.165. The largest absolute Gasteiger partial charge is 0.478 e. The van der Waals surface area contributed by atoms with Crippen LogP contribution in [0, 0.1) is 13.8 Å². The van der Waals surface area contributed by atoms with Gasteiger partial charge in [-0.1, -0.05) is 35.3 Å². The highest BCUT2D eigenvalue weighted by Gasteiger charge is 2.21. The Balaban J connectivity index is 2.19. The second-order valence-corrected chi connectivity index (χ2v) is 5.97. The normalized spacial score (nSPS) is 12.0. The molecular weight excluding hydrogens is 323 g/mol. The van der Waals surface area contributed by atoms with Crippen molar-refractivity contribution in [3.63, 3.8) is 0 Å². The van der Waals surface area contributed by atoms with Gasteiger partial charge >= 0.3 is 5.97 Å². The fourth-order valence-corrected chi connectivity index (χ4v) is 2.50. The molecule has 116 valence electrons. The number of aryl methyl sites for hydroxylation is 2. The van der Waals surface area contributed by atoms with Gasteiger partial charge in [0.2, 0.25) is 0 Å². The third kappa shape index (κ3) is 4.15. The molecule has 22 heavy (non-hydrogen) atoms. The van der Waals surface area contributed by atoms with Gasteiger partial charge in [0, 0.05) is 16.5 Å². The van der Waals surface area contributed by atoms with Gasteiger partial charge < -0.3 is 9.84 Å². The van der Waals surface area contributed by atoms with Crippen LogP contribution < -0.4 is 4.74 Å². The van der Waals surface area contributed by atoms with Crippen molar-refractivity contribution in [2.24, 2.45) is 0 Å². The molecule has 0 aliphatic rings. The molecule has 0 aromatic heterocycles. The second-order valence-electron chi connectivity index (χ2n) is 5.13. The summed E-state index contributed by atoms with van der Waals surface area (Å²) in [6.07, 6.45) is -0.848. The Labute approximate surface area is 139 Å². The summed E-state index contributed by atoms with van der Waals surface area (Å²) in [5.74, 6) is -0.509. The lowest BCUT2D eigenvalue weighted by molar-refractivity contribution is -0.145. The van der Waals surface area contributed by atoms with E-state index in [0.717, 1.165) is 11.1 Å². The zero-order valence-electron chi connectivity index (χ0n) is 12.3. The van der Waals surface area contributed by atoms with Gasteiger partial charge in [-0.15, -0.1) is 0 Å². The lowest BCUT2D eigenvalue weighted by Crippen LogP contribution is -2.29. The monoisotopic (exact) mass is 338 g/mol. The smallest absolute Gasteiger partial charge is 0.345 e. The van der Waals surface area contributed by atoms with Crippen molar-refractivity contribution >= 4 is 29.2 Å². The van der Waals surface area contributed by atoms with Gasteiger partial charge in [-0.2, -0.15) is 0 Å². The highest BCUT2D eigenvalue weighted by Crippen LogP contribution is 2.24. The topological polar surface area (TPSA) is 46.5 Å². The van der Waals surface area contributed by atoms with Gasteiger partial charge in [0.25, 0.3) is 0 Å². The first-order valence-corrected chi connectivity index (χ1v) is 7.53. The van der Waals surface area contributed by atoms with E-state index in [1.165, 1.54) is 0 Å². The number of carboxylic acid groups (broad SMARTS) is 1. The first-order chi connectivity index (χ1) is 10.4. The number of carboxylic acids is 1. The molecule has 2 aromatic rings. The maximum atomic E-state index is 11.4. The van der Waals surface area contributed by atoms with Gasteiger partial charge in [-0.25, -0.2) is 4.79 Å². The minimum Gasteiger partial charge on any atom is -0.478 e. The van der Waals surface area contributed by atoms with E-state index < -0.39 is 12.1 Å². The highest BCUT2D eigenvalue weighted by molar-refractivity contribution is 6.35. The number of rotatable bonds is 5. The van der Waals surface area contributed by atoms with Crippen LogP contribution in [0.25, 0.3) is 0 Å². The second kappa shape index (κ2) is 7.03. The molecule has 0 amide bonds. The van der Waals surface area contributed by atoms with Crippen LogP contribution in [0.3, 0.4) is 0 Å². The molecule has 1 N–H and O–H groups in total. The Morgan fingerprint density at radius 1 is 1.14 bits per heavy atom. The molecular formula is C17H16Cl2O3. The van der Waals surface area contributed by atoms with Crippen LogP contribution in [0.5, 0.6) is 5.75 Å². The van der Waals surface area contributed by atoms with E-state index in [1.54, 1.807) is 24.3 Å². The van der Waals surface area contributed by atoms with Crippen LogP contribution in [0.4, 0.5) is 0 Å². The third-order valence-electron chi connectivity index (χ3n) is 3.45. The molecule has 1 atom stereocenters. The number of aliphatic carboxylic acids is 1. The van der Waals surface area contributed by atoms with Crippen molar-refractivity contribution in [1.29, 1.82) is 0 Å². The average molecular weight is 339 g/mol. The Morgan fingerprint density at radius 2 is 1.86 bits per heavy atom. The molecule has 0 fully saturated rings. The lowest BCUT2D eigenvalue weighted by atomic mass is 10.1. The summed E-state index contributed by atoms with van der Waals surface area (Å²) in [5, 5.41) is 10.3. The number of halogens is 2. The molecule has 0 aliphatic heterocycles. The van der Waals surface area contributed by atoms with Gasteiger partial charge in [0.1, 0.15) is 5.75 Å². The lowest BCUT2D eigenvalue weighted by Gasteiger charge is -2.17. The predicted molar refractivity (Wildman–Crippen MR) is 88.1 cm³/mol. The van der Waals surface area contributed by atoms with E-state index in [0.29, 0.717) is 21.4 Å². The van der Waals surface area contributed by atoms with Crippen molar-refractivity contribution in [2.45, 2.75) is 26.4 Å². The van der Waals surface area contributed by atoms with Gasteiger partial charge in [0.05, 0.1) is 0 Å². The zero-order valence-corrected chi connectivity index (χ0v) is 13.8. The quantitative estimate of drug-likeness (QED) is 0.860. The Hall–Kier alpha value is -1.71. The fourth-order valence-electron chi connectivity index (χ4n) is 2.02. The van der Waals surface area contributed by atoms with Crippen molar-refractivity contribution in [2.75, 3.05) is 0 Å². The molecule has 0 saturated heterocycles. The van der Waals surface area contributed by atoms with Crippen LogP contribution in [0.15, 0.2) is 36.4 Å². The van der Waals surface area contributed by atoms with Crippen molar-refractivity contribution in [3.8, 4) is 5.75 Å². The van der Waals surface area contributed by atoms with Gasteiger partial charge in [-0.3, -0.25) is 0 Å². The van der Waals surface area contributed by atoms with E-state index in [-0.39, 0.29) is 6.42 Å². The number of ether oxygens (including phenoxy) is 1. The van der Waals surface area contributed by atoms with Crippen LogP contribution in [-0.2, 0) is 11.2 Å². The standard InChI is InChI=1S/C17H16Cl2O3/c1-10-3-6-14(7-11(10)2)22-16(17(20)21)8-12-4-5-13(18)9-15(12)19/h3-7,9,16H,8H2,1-2H3,(H,20,21)/t16-/m1/s1. The van der Waals surface area contributed by atoms with E-state index >= 15 is 0 Å². The summed E-state index contributed by atoms with van der Waals surface area (Å²) in [5.41, 5.74) is 2.86. The number of hydrogen-bond donors (Lipinski definition) is 1. The maximum absolute atomic E-state index is 11.4. The first kappa shape index (κ1) is 16.7. The molecule has 0 bridgehead atoms. The van der Waals surface area contributed by atoms with E-state index in [2.05, 4.69) is 0 Å². The van der Waals surface area contributed by atoms with Crippen LogP contribution in [0.2, 0.25) is 10.0 Å². The molecule has 0 radical (unpaired) electrons. The Morgan fingerprint density at radius 3 is 2.45 bits per heavy atom. The van der Waals surface area contributed by atoms with E-state index in [4.69, 9.17) is 27.9 Å². The molecule has 0 heterocycles. The number of benzene rings is 2. The zero-order chi connectivity index (χ0) is 16.3. The van der Waals surface area contributed by atoms with Crippen LogP contribution in [0.1, 0.15) is 16.7 Å². The summed E-state index contributed by atoms with van der Waals surface area (Å²) in [6.45, 7) is 3.94. The SMILES string of the molecule is Cc1ccc(O[C@H](Cc2ccc(Cl)cc2Cl)C(=O)O)cc1C. The maximum Gasteiger partial charge on any atom is 0.345 e. The summed E-state index contributed by atoms with van der Waals surface area (Å²) in [4.78, 5) is 11.4. The molecule has 0 unspecified atom stereocenters. The molecule has 5 heteroatoms. The highest BCUT2D eigenvalue weighted by atomic mass is 35.5. The van der Waals surface area contributed by atoms with Crippen molar-refractivity contribution in [3.05, 3.63) is 63.1 Å². The Kier molecular flexibility index (Phi) is 5.33. The first-order valence-electron chi connectivity index (χ1n) is 6.77. The summed E-state index contributed by atoms with van der Waals surface area (Å²) in [7, 11) is 0. The van der Waals surface area contributed by atoms with E-state index in [9.17, 15) is 9.90 Å². The van der Waals surface area contributed by atoms with Gasteiger partial charge in [-0.05, 0) is 54.8 Å². The summed E-state index contributed by atoms with van der Waals surface area (Å²) < 4.78 is 5.61. The average Bonchev–Trinajstić information content (AvgIpc) is 2.44. The summed E-state index contributed by atoms with van der Waals surface area (Å²) >= 11 is 11.9. The predicted octanol–water partition coefficient (Wildman–Crippen LogP) is 4.68. The van der Waals surface area contributed by atoms with Crippen LogP contribution in [-0.4, -0.2) is 17.2 Å². The third-order valence-corrected chi connectivity index (χ3v) is 4.04. The van der Waals surface area contributed by atoms with Crippen LogP contribution >= 0.6 is 23.2 Å². The fraction of sp³-hybridized carbons (Fsp3) is 0.235. The number of hydrogen-bond acceptors (Lipinski definition) is 2. The molecule has 3 nitrogen and oxygen atoms in total. The van der Waals surface area contributed by atoms with Crippen molar-refractivity contribution in [1.82, 2.24) is 0 Å². The molecule has 0 saturated carbocycles. The van der Waals surface area contributed by atoms with E-state index in [1.807, 2.05) is 26.0 Å². The minimum atomic E-state index is -1.04. The van der Waals surface area contributed by atoms with Gasteiger partial charge in [0.15, 0.2) is 6.10 Å². The molecule has 0 aliphatic carbocycles.